The molecule has 2 nitrogen and oxygen atoms in total. The van der Waals surface area contributed by atoms with Gasteiger partial charge in [-0.2, -0.15) is 0 Å². The van der Waals surface area contributed by atoms with Crippen LogP contribution < -0.4 is 5.32 Å². The zero-order valence-electron chi connectivity index (χ0n) is 12.5. The first kappa shape index (κ1) is 13.6. The number of nitrogens with one attached hydrogen (secondary N) is 1. The number of carbonyl (C=O) groups is 1. The molecule has 0 spiro atoms. The second-order valence-corrected chi connectivity index (χ2v) is 9.33. The molecule has 2 unspecified atom stereocenters. The van der Waals surface area contributed by atoms with E-state index in [0.717, 1.165) is 36.4 Å². The van der Waals surface area contributed by atoms with Gasteiger partial charge in [-0.25, -0.2) is 0 Å². The van der Waals surface area contributed by atoms with Crippen molar-refractivity contribution in [2.45, 2.75) is 70.3 Å². The van der Waals surface area contributed by atoms with E-state index in [0.29, 0.717) is 11.3 Å². The second-order valence-electron chi connectivity index (χ2n) is 8.77. The number of hydrogen-bond donors (Lipinski definition) is 1. The third-order valence-corrected chi connectivity index (χ3v) is 7.85. The summed E-state index contributed by atoms with van der Waals surface area (Å²) in [7, 11) is 0. The van der Waals surface area contributed by atoms with Crippen molar-refractivity contribution in [1.29, 1.82) is 0 Å². The van der Waals surface area contributed by atoms with Crippen molar-refractivity contribution in [2.75, 3.05) is 5.33 Å². The molecule has 2 atom stereocenters. The van der Waals surface area contributed by atoms with Gasteiger partial charge in [0.2, 0.25) is 5.91 Å². The molecule has 1 amide bonds. The minimum atomic E-state index is -0.0103. The molecule has 0 aromatic heterocycles. The van der Waals surface area contributed by atoms with Gasteiger partial charge in [-0.05, 0) is 75.0 Å². The summed E-state index contributed by atoms with van der Waals surface area (Å²) in [4.78, 5) is 13.1. The van der Waals surface area contributed by atoms with Crippen LogP contribution in [-0.2, 0) is 4.79 Å². The summed E-state index contributed by atoms with van der Waals surface area (Å²) in [5, 5.41) is 4.39. The predicted molar refractivity (Wildman–Crippen MR) is 83.7 cm³/mol. The first-order chi connectivity index (χ1) is 9.47. The summed E-state index contributed by atoms with van der Waals surface area (Å²) in [6, 6.07) is 0. The van der Waals surface area contributed by atoms with Gasteiger partial charge in [-0.15, -0.1) is 0 Å². The predicted octanol–water partition coefficient (Wildman–Crippen LogP) is 4.03. The quantitative estimate of drug-likeness (QED) is 0.773. The fraction of sp³-hybridized carbons (Fsp3) is 0.941. The van der Waals surface area contributed by atoms with Gasteiger partial charge in [0.25, 0.3) is 0 Å². The van der Waals surface area contributed by atoms with Crippen LogP contribution in [0.25, 0.3) is 0 Å². The van der Waals surface area contributed by atoms with E-state index in [4.69, 9.17) is 0 Å². The zero-order valence-corrected chi connectivity index (χ0v) is 14.1. The number of amides is 1. The Morgan fingerprint density at radius 3 is 2.30 bits per heavy atom. The maximum atomic E-state index is 13.1. The van der Waals surface area contributed by atoms with Crippen molar-refractivity contribution in [1.82, 2.24) is 5.32 Å². The molecule has 5 aliphatic carbocycles. The number of carbonyl (C=O) groups excluding carboxylic acids is 1. The lowest BCUT2D eigenvalue weighted by Crippen LogP contribution is -2.63. The zero-order chi connectivity index (χ0) is 14.0. The van der Waals surface area contributed by atoms with E-state index in [1.54, 1.807) is 0 Å². The van der Waals surface area contributed by atoms with Crippen LogP contribution in [0.3, 0.4) is 0 Å². The largest absolute Gasteiger partial charge is 0.349 e. The van der Waals surface area contributed by atoms with Gasteiger partial charge in [0, 0.05) is 10.9 Å². The molecule has 0 aromatic rings. The Hall–Kier alpha value is -0.0500. The third kappa shape index (κ3) is 1.91. The van der Waals surface area contributed by atoms with Crippen molar-refractivity contribution < 1.29 is 4.79 Å². The summed E-state index contributed by atoms with van der Waals surface area (Å²) in [6.45, 7) is 2.44. The van der Waals surface area contributed by atoms with E-state index in [9.17, 15) is 4.79 Å². The fourth-order valence-electron chi connectivity index (χ4n) is 6.26. The van der Waals surface area contributed by atoms with Gasteiger partial charge in [-0.3, -0.25) is 4.79 Å². The number of alkyl halides is 1. The molecule has 0 aromatic carbocycles. The molecule has 3 heteroatoms. The van der Waals surface area contributed by atoms with Crippen LogP contribution in [0.1, 0.15) is 64.7 Å². The van der Waals surface area contributed by atoms with Crippen LogP contribution in [0, 0.1) is 22.7 Å². The maximum absolute atomic E-state index is 13.1. The number of hydrogen-bond acceptors (Lipinski definition) is 1. The van der Waals surface area contributed by atoms with Crippen LogP contribution in [-0.4, -0.2) is 16.8 Å². The molecule has 0 radical (unpaired) electrons. The minimum absolute atomic E-state index is 0.0103. The summed E-state index contributed by atoms with van der Waals surface area (Å²) in [5.41, 5.74) is 0.535. The van der Waals surface area contributed by atoms with Gasteiger partial charge in [0.1, 0.15) is 0 Å². The van der Waals surface area contributed by atoms with E-state index in [1.165, 1.54) is 38.5 Å². The Balaban J connectivity index is 1.56. The lowest BCUT2D eigenvalue weighted by Gasteiger charge is -2.61. The minimum Gasteiger partial charge on any atom is -0.349 e. The Kier molecular flexibility index (Phi) is 2.88. The molecule has 0 heterocycles. The molecule has 5 rings (SSSR count). The molecule has 1 N–H and O–H groups in total. The van der Waals surface area contributed by atoms with Crippen LogP contribution >= 0.6 is 15.9 Å². The van der Waals surface area contributed by atoms with Gasteiger partial charge >= 0.3 is 0 Å². The van der Waals surface area contributed by atoms with Gasteiger partial charge in [-0.1, -0.05) is 22.9 Å². The highest BCUT2D eigenvalue weighted by atomic mass is 79.9. The first-order valence-corrected chi connectivity index (χ1v) is 9.47. The van der Waals surface area contributed by atoms with Crippen LogP contribution in [0.4, 0.5) is 0 Å². The highest BCUT2D eigenvalue weighted by Gasteiger charge is 2.59. The van der Waals surface area contributed by atoms with E-state index in [2.05, 4.69) is 28.2 Å². The van der Waals surface area contributed by atoms with E-state index in [-0.39, 0.29) is 11.0 Å². The van der Waals surface area contributed by atoms with Crippen LogP contribution in [0.15, 0.2) is 0 Å². The Labute approximate surface area is 130 Å². The smallest absolute Gasteiger partial charge is 0.226 e. The molecule has 0 saturated heterocycles. The SMILES string of the molecule is CC12CC3CC(C1)CC(C(=O)NC1(CBr)CCC1)(C3)C2. The number of halogens is 1. The molecular formula is C17H26BrNO. The fourth-order valence-corrected chi connectivity index (χ4v) is 6.96. The second kappa shape index (κ2) is 4.24. The Bertz CT molecular complexity index is 423. The molecule has 5 aliphatic rings. The van der Waals surface area contributed by atoms with Crippen LogP contribution in [0.2, 0.25) is 0 Å². The summed E-state index contributed by atoms with van der Waals surface area (Å²) < 4.78 is 0. The highest BCUT2D eigenvalue weighted by Crippen LogP contribution is 2.65. The van der Waals surface area contributed by atoms with Crippen molar-refractivity contribution in [2.24, 2.45) is 22.7 Å². The van der Waals surface area contributed by atoms with Crippen LogP contribution in [0.5, 0.6) is 0 Å². The molecule has 4 bridgehead atoms. The van der Waals surface area contributed by atoms with Crippen molar-refractivity contribution in [3.05, 3.63) is 0 Å². The van der Waals surface area contributed by atoms with Crippen molar-refractivity contribution >= 4 is 21.8 Å². The standard InChI is InChI=1S/C17H26BrNO/c1-15-6-12-5-13(7-15)9-16(8-12,10-15)14(20)19-17(11-18)3-2-4-17/h12-13H,2-11H2,1H3,(H,19,20). The molecule has 0 aliphatic heterocycles. The first-order valence-electron chi connectivity index (χ1n) is 8.35. The monoisotopic (exact) mass is 339 g/mol. The normalized spacial score (nSPS) is 47.9. The average molecular weight is 340 g/mol. The van der Waals surface area contributed by atoms with Gasteiger partial charge in [0.15, 0.2) is 0 Å². The summed E-state index contributed by atoms with van der Waals surface area (Å²) >= 11 is 3.62. The molecule has 112 valence electrons. The molecule has 5 saturated carbocycles. The Morgan fingerprint density at radius 2 is 1.85 bits per heavy atom. The topological polar surface area (TPSA) is 29.1 Å². The summed E-state index contributed by atoms with van der Waals surface area (Å²) in [6.07, 6.45) is 11.2. The number of rotatable bonds is 3. The van der Waals surface area contributed by atoms with E-state index >= 15 is 0 Å². The van der Waals surface area contributed by atoms with Gasteiger partial charge in [0.05, 0.1) is 5.41 Å². The lowest BCUT2D eigenvalue weighted by atomic mass is 9.44. The van der Waals surface area contributed by atoms with E-state index in [1.807, 2.05) is 0 Å². The third-order valence-electron chi connectivity index (χ3n) is 6.78. The van der Waals surface area contributed by atoms with Gasteiger partial charge < -0.3 is 5.32 Å². The maximum Gasteiger partial charge on any atom is 0.226 e. The van der Waals surface area contributed by atoms with Crippen molar-refractivity contribution in [3.63, 3.8) is 0 Å². The van der Waals surface area contributed by atoms with Crippen molar-refractivity contribution in [3.8, 4) is 0 Å². The molecular weight excluding hydrogens is 314 g/mol. The molecule has 5 fully saturated rings. The summed E-state index contributed by atoms with van der Waals surface area (Å²) in [5.74, 6) is 2.05. The van der Waals surface area contributed by atoms with E-state index < -0.39 is 0 Å². The molecule has 20 heavy (non-hydrogen) atoms. The Morgan fingerprint density at radius 1 is 1.20 bits per heavy atom. The average Bonchev–Trinajstić information content (AvgIpc) is 2.30. The highest BCUT2D eigenvalue weighted by molar-refractivity contribution is 9.09. The lowest BCUT2D eigenvalue weighted by molar-refractivity contribution is -0.157.